The topological polar surface area (TPSA) is 118 Å². The highest BCUT2D eigenvalue weighted by Crippen LogP contribution is 2.47. The Hall–Kier alpha value is -3.67. The van der Waals surface area contributed by atoms with Crippen LogP contribution in [0, 0.1) is 5.82 Å². The molecule has 39 heavy (non-hydrogen) atoms. The number of furan rings is 1. The second kappa shape index (κ2) is 9.82. The van der Waals surface area contributed by atoms with Gasteiger partial charge in [0.1, 0.15) is 17.2 Å². The number of hydrogen-bond acceptors (Lipinski definition) is 6. The van der Waals surface area contributed by atoms with Gasteiger partial charge in [0, 0.05) is 24.1 Å². The van der Waals surface area contributed by atoms with Crippen LogP contribution >= 0.6 is 0 Å². The van der Waals surface area contributed by atoms with Crippen molar-refractivity contribution in [1.29, 1.82) is 0 Å². The molecule has 2 aliphatic rings. The Bertz CT molecular complexity index is 1720. The van der Waals surface area contributed by atoms with E-state index in [9.17, 15) is 22.6 Å². The molecule has 2 heterocycles. The van der Waals surface area contributed by atoms with Crippen molar-refractivity contribution in [2.24, 2.45) is 0 Å². The first-order chi connectivity index (χ1) is 18.7. The van der Waals surface area contributed by atoms with Crippen molar-refractivity contribution in [2.45, 2.75) is 31.8 Å². The van der Waals surface area contributed by atoms with Crippen LogP contribution in [0.15, 0.2) is 59.0 Å². The Morgan fingerprint density at radius 3 is 2.72 bits per heavy atom. The first-order valence-electron chi connectivity index (χ1n) is 12.7. The molecule has 11 heteroatoms. The average molecular weight is 548 g/mol. The van der Waals surface area contributed by atoms with E-state index in [1.165, 1.54) is 25.2 Å². The summed E-state index contributed by atoms with van der Waals surface area (Å²) in [5.74, 6) is -0.602. The number of hydrogen-bond donors (Lipinski definition) is 3. The van der Waals surface area contributed by atoms with E-state index in [0.717, 1.165) is 29.5 Å². The molecule has 0 spiro atoms. The van der Waals surface area contributed by atoms with Crippen LogP contribution < -0.4 is 15.5 Å². The monoisotopic (exact) mass is 548 g/mol. The number of halogens is 1. The molecule has 0 atom stereocenters. The van der Waals surface area contributed by atoms with Gasteiger partial charge >= 0.3 is 7.12 Å². The number of rotatable bonds is 8. The van der Waals surface area contributed by atoms with E-state index >= 15 is 0 Å². The zero-order chi connectivity index (χ0) is 27.3. The molecular formula is C28H26BFN2O6S. The third kappa shape index (κ3) is 5.05. The molecule has 4 aromatic rings. The van der Waals surface area contributed by atoms with Crippen molar-refractivity contribution < 1.29 is 31.7 Å². The van der Waals surface area contributed by atoms with Gasteiger partial charge in [0.15, 0.2) is 0 Å². The number of amides is 1. The van der Waals surface area contributed by atoms with E-state index in [1.807, 2.05) is 12.1 Å². The summed E-state index contributed by atoms with van der Waals surface area (Å²) in [4.78, 5) is 12.9. The van der Waals surface area contributed by atoms with Crippen molar-refractivity contribution in [2.75, 3.05) is 17.5 Å². The first-order valence-corrected chi connectivity index (χ1v) is 14.4. The zero-order valence-corrected chi connectivity index (χ0v) is 22.0. The molecule has 200 valence electrons. The summed E-state index contributed by atoms with van der Waals surface area (Å²) in [7, 11) is -3.17. The highest BCUT2D eigenvalue weighted by molar-refractivity contribution is 7.92. The van der Waals surface area contributed by atoms with Crippen LogP contribution in [-0.2, 0) is 27.7 Å². The number of benzene rings is 3. The van der Waals surface area contributed by atoms with Gasteiger partial charge in [-0.05, 0) is 65.5 Å². The average Bonchev–Trinajstić information content (AvgIpc) is 3.60. The molecule has 0 bridgehead atoms. The van der Waals surface area contributed by atoms with Crippen molar-refractivity contribution in [1.82, 2.24) is 5.32 Å². The summed E-state index contributed by atoms with van der Waals surface area (Å²) in [5, 5.41) is 13.0. The molecule has 3 aromatic carbocycles. The van der Waals surface area contributed by atoms with Gasteiger partial charge in [-0.1, -0.05) is 30.3 Å². The quantitative estimate of drug-likeness (QED) is 0.289. The first kappa shape index (κ1) is 25.6. The van der Waals surface area contributed by atoms with Crippen molar-refractivity contribution in [3.05, 3.63) is 82.7 Å². The second-order valence-electron chi connectivity index (χ2n) is 9.97. The minimum absolute atomic E-state index is 0.145. The Balaban J connectivity index is 1.33. The standard InChI is InChI=1S/C28H26BFN2O6S/c1-31-28(33)26-22-13-21(17-6-7-17)24(14-25(22)38-27(26)18-3-2-4-20(30)12-18)32-39(35,36)10-9-16-5-8-23-19(11-16)15-37-29(23)34/h2-5,8,11-14,17,32,34H,6-7,9-10,15H2,1H3,(H,31,33). The molecule has 1 fully saturated rings. The van der Waals surface area contributed by atoms with Gasteiger partial charge in [0.05, 0.1) is 23.6 Å². The number of aryl methyl sites for hydroxylation is 1. The third-order valence-corrected chi connectivity index (χ3v) is 8.49. The van der Waals surface area contributed by atoms with Crippen LogP contribution in [0.4, 0.5) is 10.1 Å². The third-order valence-electron chi connectivity index (χ3n) is 7.21. The number of anilines is 1. The predicted molar refractivity (Wildman–Crippen MR) is 147 cm³/mol. The Labute approximate surface area is 225 Å². The van der Waals surface area contributed by atoms with E-state index in [0.29, 0.717) is 34.3 Å². The second-order valence-corrected chi connectivity index (χ2v) is 11.8. The SMILES string of the molecule is CNC(=O)c1c(-c2cccc(F)c2)oc2cc(NS(=O)(=O)CCc3ccc4c(c3)COB4O)c(C3CC3)cc12. The molecule has 3 N–H and O–H groups in total. The molecule has 8 nitrogen and oxygen atoms in total. The molecule has 0 radical (unpaired) electrons. The Kier molecular flexibility index (Phi) is 6.45. The highest BCUT2D eigenvalue weighted by atomic mass is 32.2. The van der Waals surface area contributed by atoms with Crippen LogP contribution in [0.1, 0.15) is 45.8 Å². The number of nitrogens with one attached hydrogen (secondary N) is 2. The van der Waals surface area contributed by atoms with Crippen molar-refractivity contribution >= 4 is 45.2 Å². The summed E-state index contributed by atoms with van der Waals surface area (Å²) < 4.78 is 54.3. The summed E-state index contributed by atoms with van der Waals surface area (Å²) in [6.07, 6.45) is 2.10. The number of fused-ring (bicyclic) bond motifs is 2. The summed E-state index contributed by atoms with van der Waals surface area (Å²) >= 11 is 0. The normalized spacial score (nSPS) is 15.0. The highest BCUT2D eigenvalue weighted by Gasteiger charge is 2.31. The predicted octanol–water partition coefficient (Wildman–Crippen LogP) is 3.68. The number of carbonyl (C=O) groups excluding carboxylic acids is 1. The lowest BCUT2D eigenvalue weighted by Crippen LogP contribution is -2.28. The lowest BCUT2D eigenvalue weighted by molar-refractivity contribution is 0.0964. The molecule has 0 saturated heterocycles. The zero-order valence-electron chi connectivity index (χ0n) is 21.2. The molecular weight excluding hydrogens is 522 g/mol. The maximum atomic E-state index is 14.0. The fourth-order valence-electron chi connectivity index (χ4n) is 5.07. The maximum Gasteiger partial charge on any atom is 0.491 e. The van der Waals surface area contributed by atoms with Crippen LogP contribution in [0.25, 0.3) is 22.3 Å². The minimum Gasteiger partial charge on any atom is -0.455 e. The molecule has 1 amide bonds. The van der Waals surface area contributed by atoms with Gasteiger partial charge in [-0.25, -0.2) is 12.8 Å². The van der Waals surface area contributed by atoms with Gasteiger partial charge < -0.3 is 19.4 Å². The van der Waals surface area contributed by atoms with Gasteiger partial charge in [0.25, 0.3) is 5.91 Å². The number of sulfonamides is 1. The van der Waals surface area contributed by atoms with E-state index in [2.05, 4.69) is 10.0 Å². The Morgan fingerprint density at radius 2 is 1.97 bits per heavy atom. The van der Waals surface area contributed by atoms with E-state index < -0.39 is 23.0 Å². The summed E-state index contributed by atoms with van der Waals surface area (Å²) in [6, 6.07) is 14.6. The lowest BCUT2D eigenvalue weighted by Gasteiger charge is -2.13. The fraction of sp³-hybridized carbons (Fsp3) is 0.250. The summed E-state index contributed by atoms with van der Waals surface area (Å²) in [5.41, 5.74) is 4.61. The molecule has 6 rings (SSSR count). The largest absolute Gasteiger partial charge is 0.491 e. The van der Waals surface area contributed by atoms with E-state index in [4.69, 9.17) is 9.07 Å². The molecule has 1 aromatic heterocycles. The smallest absolute Gasteiger partial charge is 0.455 e. The molecule has 1 aliphatic carbocycles. The molecule has 1 saturated carbocycles. The van der Waals surface area contributed by atoms with Crippen LogP contribution in [0.3, 0.4) is 0 Å². The molecule has 1 aliphatic heterocycles. The minimum atomic E-state index is -3.74. The van der Waals surface area contributed by atoms with E-state index in [1.54, 1.807) is 24.3 Å². The van der Waals surface area contributed by atoms with Gasteiger partial charge in [0.2, 0.25) is 10.0 Å². The summed E-state index contributed by atoms with van der Waals surface area (Å²) in [6.45, 7) is 0.291. The maximum absolute atomic E-state index is 14.0. The Morgan fingerprint density at radius 1 is 1.15 bits per heavy atom. The van der Waals surface area contributed by atoms with Gasteiger partial charge in [-0.15, -0.1) is 0 Å². The van der Waals surface area contributed by atoms with Crippen molar-refractivity contribution in [3.63, 3.8) is 0 Å². The van der Waals surface area contributed by atoms with Gasteiger partial charge in [-0.3, -0.25) is 9.52 Å². The van der Waals surface area contributed by atoms with Crippen LogP contribution in [0.2, 0.25) is 0 Å². The number of carbonyl (C=O) groups is 1. The van der Waals surface area contributed by atoms with Crippen molar-refractivity contribution in [3.8, 4) is 11.3 Å². The molecule has 0 unspecified atom stereocenters. The van der Waals surface area contributed by atoms with E-state index in [-0.39, 0.29) is 35.3 Å². The van der Waals surface area contributed by atoms with Crippen LogP contribution in [0.5, 0.6) is 0 Å². The van der Waals surface area contributed by atoms with Crippen LogP contribution in [-0.4, -0.2) is 39.3 Å². The lowest BCUT2D eigenvalue weighted by atomic mass is 9.79. The van der Waals surface area contributed by atoms with Gasteiger partial charge in [-0.2, -0.15) is 0 Å². The fourth-order valence-corrected chi connectivity index (χ4v) is 6.19.